The van der Waals surface area contributed by atoms with Crippen LogP contribution >= 0.6 is 34.2 Å². The largest absolute Gasteiger partial charge is 0.384 e. The Morgan fingerprint density at radius 1 is 1.29 bits per heavy atom. The zero-order valence-corrected chi connectivity index (χ0v) is 14.1. The number of para-hydroxylation sites is 1. The molecule has 0 bridgehead atoms. The Bertz CT molecular complexity index is 690. The van der Waals surface area contributed by atoms with E-state index in [9.17, 15) is 4.79 Å². The molecule has 0 aliphatic carbocycles. The highest BCUT2D eigenvalue weighted by Crippen LogP contribution is 2.27. The lowest BCUT2D eigenvalue weighted by Crippen LogP contribution is -2.33. The van der Waals surface area contributed by atoms with Crippen molar-refractivity contribution >= 4 is 51.5 Å². The number of benzene rings is 2. The molecule has 1 atom stereocenters. The molecule has 0 spiro atoms. The summed E-state index contributed by atoms with van der Waals surface area (Å²) in [5, 5.41) is 6.80. The van der Waals surface area contributed by atoms with Gasteiger partial charge in [0.2, 0.25) is 5.91 Å². The third-order valence-corrected chi connectivity index (χ3v) is 4.57. The number of halogens is 2. The maximum absolute atomic E-state index is 12.4. The van der Waals surface area contributed by atoms with Crippen molar-refractivity contribution < 1.29 is 4.79 Å². The number of hydrogen-bond acceptors (Lipinski definition) is 2. The van der Waals surface area contributed by atoms with E-state index in [1.807, 2.05) is 36.4 Å². The molecule has 1 heterocycles. The first-order chi connectivity index (χ1) is 10.1. The van der Waals surface area contributed by atoms with Crippen LogP contribution in [0.4, 0.5) is 11.4 Å². The van der Waals surface area contributed by atoms with Crippen molar-refractivity contribution in [3.05, 3.63) is 56.6 Å². The summed E-state index contributed by atoms with van der Waals surface area (Å²) in [4.78, 5) is 12.4. The van der Waals surface area contributed by atoms with Gasteiger partial charge in [0.15, 0.2) is 0 Å². The first-order valence-corrected chi connectivity index (χ1v) is 8.17. The normalized spacial score (nSPS) is 16.8. The molecule has 108 valence electrons. The monoisotopic (exact) mass is 412 g/mol. The highest BCUT2D eigenvalue weighted by atomic mass is 127. The number of anilines is 2. The van der Waals surface area contributed by atoms with E-state index in [-0.39, 0.29) is 11.8 Å². The van der Waals surface area contributed by atoms with Gasteiger partial charge >= 0.3 is 0 Å². The summed E-state index contributed by atoms with van der Waals surface area (Å²) in [5.74, 6) is -0.0876. The minimum absolute atomic E-state index is 0.000103. The van der Waals surface area contributed by atoms with Gasteiger partial charge < -0.3 is 10.6 Å². The highest BCUT2D eigenvalue weighted by molar-refractivity contribution is 14.1. The van der Waals surface area contributed by atoms with Crippen molar-refractivity contribution in [2.24, 2.45) is 5.92 Å². The van der Waals surface area contributed by atoms with Gasteiger partial charge in [0, 0.05) is 15.8 Å². The molecule has 5 heteroatoms. The van der Waals surface area contributed by atoms with Crippen LogP contribution in [0.2, 0.25) is 5.02 Å². The standard InChI is InChI=1S/C16H14ClIN2O/c17-13-8-12(18)5-6-15(13)20-16(21)11-7-10-3-1-2-4-14(10)19-9-11/h1-6,8,11,19H,7,9H2,(H,20,21). The van der Waals surface area contributed by atoms with Crippen molar-refractivity contribution in [2.45, 2.75) is 6.42 Å². The molecule has 3 nitrogen and oxygen atoms in total. The topological polar surface area (TPSA) is 41.1 Å². The van der Waals surface area contributed by atoms with Crippen LogP contribution < -0.4 is 10.6 Å². The second-order valence-corrected chi connectivity index (χ2v) is 6.71. The fourth-order valence-corrected chi connectivity index (χ4v) is 3.36. The number of nitrogens with one attached hydrogen (secondary N) is 2. The zero-order chi connectivity index (χ0) is 14.8. The number of fused-ring (bicyclic) bond motifs is 1. The number of rotatable bonds is 2. The molecule has 2 aromatic carbocycles. The van der Waals surface area contributed by atoms with Crippen LogP contribution in [0.15, 0.2) is 42.5 Å². The van der Waals surface area contributed by atoms with Crippen molar-refractivity contribution in [3.63, 3.8) is 0 Å². The predicted octanol–water partition coefficient (Wildman–Crippen LogP) is 4.17. The number of carbonyl (C=O) groups is 1. The molecule has 0 saturated carbocycles. The molecular formula is C16H14ClIN2O. The molecular weight excluding hydrogens is 399 g/mol. The van der Waals surface area contributed by atoms with E-state index in [2.05, 4.69) is 39.3 Å². The molecule has 3 rings (SSSR count). The second-order valence-electron chi connectivity index (χ2n) is 5.05. The Morgan fingerprint density at radius 3 is 2.90 bits per heavy atom. The maximum Gasteiger partial charge on any atom is 0.229 e. The van der Waals surface area contributed by atoms with Crippen LogP contribution in [0.25, 0.3) is 0 Å². The first-order valence-electron chi connectivity index (χ1n) is 6.71. The summed E-state index contributed by atoms with van der Waals surface area (Å²) in [6.45, 7) is 0.644. The Morgan fingerprint density at radius 2 is 2.10 bits per heavy atom. The lowest BCUT2D eigenvalue weighted by atomic mass is 9.93. The Labute approximate surface area is 142 Å². The van der Waals surface area contributed by atoms with Gasteiger partial charge in [-0.1, -0.05) is 29.8 Å². The Kier molecular flexibility index (Phi) is 4.35. The first kappa shape index (κ1) is 14.7. The third kappa shape index (κ3) is 3.32. The van der Waals surface area contributed by atoms with Crippen molar-refractivity contribution in [1.82, 2.24) is 0 Å². The Balaban J connectivity index is 1.72. The lowest BCUT2D eigenvalue weighted by Gasteiger charge is -2.25. The molecule has 0 fully saturated rings. The van der Waals surface area contributed by atoms with Gasteiger partial charge in [-0.3, -0.25) is 4.79 Å². The van der Waals surface area contributed by atoms with E-state index >= 15 is 0 Å². The van der Waals surface area contributed by atoms with Crippen LogP contribution in [0.3, 0.4) is 0 Å². The zero-order valence-electron chi connectivity index (χ0n) is 11.2. The van der Waals surface area contributed by atoms with E-state index in [1.165, 1.54) is 5.56 Å². The molecule has 2 N–H and O–H groups in total. The third-order valence-electron chi connectivity index (χ3n) is 3.58. The molecule has 0 radical (unpaired) electrons. The van der Waals surface area contributed by atoms with Gasteiger partial charge in [-0.25, -0.2) is 0 Å². The summed E-state index contributed by atoms with van der Waals surface area (Å²) in [6.07, 6.45) is 0.747. The van der Waals surface area contributed by atoms with Gasteiger partial charge in [-0.2, -0.15) is 0 Å². The van der Waals surface area contributed by atoms with Gasteiger partial charge in [0.1, 0.15) is 0 Å². The van der Waals surface area contributed by atoms with Gasteiger partial charge in [-0.15, -0.1) is 0 Å². The van der Waals surface area contributed by atoms with Crippen molar-refractivity contribution in [2.75, 3.05) is 17.2 Å². The molecule has 21 heavy (non-hydrogen) atoms. The number of carbonyl (C=O) groups excluding carboxylic acids is 1. The van der Waals surface area contributed by atoms with Crippen molar-refractivity contribution in [1.29, 1.82) is 0 Å². The summed E-state index contributed by atoms with van der Waals surface area (Å²) in [5.41, 5.74) is 2.97. The van der Waals surface area contributed by atoms with Crippen LogP contribution in [0.1, 0.15) is 5.56 Å². The minimum Gasteiger partial charge on any atom is -0.384 e. The van der Waals surface area contributed by atoms with E-state index in [1.54, 1.807) is 0 Å². The van der Waals surface area contributed by atoms with E-state index in [4.69, 9.17) is 11.6 Å². The second kappa shape index (κ2) is 6.23. The molecule has 1 amide bonds. The highest BCUT2D eigenvalue weighted by Gasteiger charge is 2.24. The molecule has 1 unspecified atom stereocenters. The smallest absolute Gasteiger partial charge is 0.229 e. The van der Waals surface area contributed by atoms with Gasteiger partial charge in [-0.05, 0) is 58.8 Å². The van der Waals surface area contributed by atoms with Gasteiger partial charge in [0.05, 0.1) is 16.6 Å². The molecule has 0 aromatic heterocycles. The average Bonchev–Trinajstić information content (AvgIpc) is 2.49. The Hall–Kier alpha value is -1.27. The lowest BCUT2D eigenvalue weighted by molar-refractivity contribution is -0.119. The molecule has 0 saturated heterocycles. The maximum atomic E-state index is 12.4. The molecule has 1 aliphatic rings. The summed E-state index contributed by atoms with van der Waals surface area (Å²) >= 11 is 8.35. The number of hydrogen-bond donors (Lipinski definition) is 2. The van der Waals surface area contributed by atoms with Crippen LogP contribution in [0.5, 0.6) is 0 Å². The van der Waals surface area contributed by atoms with Crippen LogP contribution in [-0.2, 0) is 11.2 Å². The molecule has 1 aliphatic heterocycles. The van der Waals surface area contributed by atoms with Crippen LogP contribution in [0, 0.1) is 9.49 Å². The SMILES string of the molecule is O=C(Nc1ccc(I)cc1Cl)C1CNc2ccccc2C1. The average molecular weight is 413 g/mol. The quantitative estimate of drug-likeness (QED) is 0.727. The molecule has 2 aromatic rings. The van der Waals surface area contributed by atoms with Crippen LogP contribution in [-0.4, -0.2) is 12.5 Å². The van der Waals surface area contributed by atoms with E-state index < -0.39 is 0 Å². The minimum atomic E-state index is -0.0877. The van der Waals surface area contributed by atoms with Gasteiger partial charge in [0.25, 0.3) is 0 Å². The van der Waals surface area contributed by atoms with Crippen molar-refractivity contribution in [3.8, 4) is 0 Å². The predicted molar refractivity (Wildman–Crippen MR) is 94.9 cm³/mol. The number of amides is 1. The summed E-state index contributed by atoms with van der Waals surface area (Å²) < 4.78 is 1.05. The summed E-state index contributed by atoms with van der Waals surface area (Å²) in [6, 6.07) is 13.7. The van der Waals surface area contributed by atoms with E-state index in [0.717, 1.165) is 15.7 Å². The summed E-state index contributed by atoms with van der Waals surface area (Å²) in [7, 11) is 0. The fraction of sp³-hybridized carbons (Fsp3) is 0.188. The fourth-order valence-electron chi connectivity index (χ4n) is 2.45. The van der Waals surface area contributed by atoms with E-state index in [0.29, 0.717) is 17.3 Å².